The maximum absolute atomic E-state index is 12.6. The van der Waals surface area contributed by atoms with Crippen LogP contribution in [0.4, 0.5) is 0 Å². The molecule has 1 aromatic heterocycles. The van der Waals surface area contributed by atoms with Crippen LogP contribution in [0.15, 0.2) is 54.7 Å². The molecule has 126 valence electrons. The molecule has 0 spiro atoms. The minimum absolute atomic E-state index is 0.214. The van der Waals surface area contributed by atoms with E-state index in [4.69, 9.17) is 21.7 Å². The van der Waals surface area contributed by atoms with Crippen LogP contribution in [0.2, 0.25) is 0 Å². The number of H-pyrrole nitrogens is 1. The summed E-state index contributed by atoms with van der Waals surface area (Å²) in [5.41, 5.74) is 2.22. The molecule has 6 nitrogen and oxygen atoms in total. The number of hydrogen-bond acceptors (Lipinski definition) is 4. The number of hydrogen-bond donors (Lipinski definition) is 2. The Bertz CT molecular complexity index is 979. The molecule has 0 bridgehead atoms. The molecule has 1 aliphatic rings. The van der Waals surface area contributed by atoms with Gasteiger partial charge in [0.2, 0.25) is 6.79 Å². The van der Waals surface area contributed by atoms with Crippen molar-refractivity contribution in [3.05, 3.63) is 70.8 Å². The lowest BCUT2D eigenvalue weighted by atomic mass is 10.2. The lowest BCUT2D eigenvalue weighted by Crippen LogP contribution is -2.25. The van der Waals surface area contributed by atoms with Crippen LogP contribution in [-0.4, -0.2) is 22.3 Å². The van der Waals surface area contributed by atoms with Crippen molar-refractivity contribution in [3.8, 4) is 17.2 Å². The van der Waals surface area contributed by atoms with Gasteiger partial charge >= 0.3 is 0 Å². The normalized spacial score (nSPS) is 12.2. The Hall–Kier alpha value is -3.06. The van der Waals surface area contributed by atoms with Gasteiger partial charge in [0.1, 0.15) is 5.69 Å². The van der Waals surface area contributed by atoms with Gasteiger partial charge in [-0.25, -0.2) is 0 Å². The number of benzene rings is 2. The van der Waals surface area contributed by atoms with Crippen LogP contribution < -0.4 is 14.8 Å². The predicted octanol–water partition coefficient (Wildman–Crippen LogP) is 3.19. The predicted molar refractivity (Wildman–Crippen MR) is 94.7 cm³/mol. The molecule has 0 saturated heterocycles. The Labute approximate surface area is 149 Å². The zero-order valence-electron chi connectivity index (χ0n) is 13.2. The highest BCUT2D eigenvalue weighted by molar-refractivity contribution is 7.71. The van der Waals surface area contributed by atoms with Gasteiger partial charge in [-0.05, 0) is 42.0 Å². The Morgan fingerprint density at radius 2 is 1.96 bits per heavy atom. The van der Waals surface area contributed by atoms with Gasteiger partial charge in [-0.3, -0.25) is 9.36 Å². The molecule has 3 aromatic rings. The minimum atomic E-state index is -0.214. The molecule has 2 N–H and O–H groups in total. The van der Waals surface area contributed by atoms with Crippen molar-refractivity contribution in [1.29, 1.82) is 0 Å². The molecule has 0 saturated carbocycles. The number of ether oxygens (including phenoxy) is 2. The topological polar surface area (TPSA) is 68.3 Å². The molecule has 25 heavy (non-hydrogen) atoms. The molecule has 0 fully saturated rings. The Morgan fingerprint density at radius 3 is 2.80 bits per heavy atom. The molecule has 0 unspecified atom stereocenters. The monoisotopic (exact) mass is 353 g/mol. The van der Waals surface area contributed by atoms with Gasteiger partial charge < -0.3 is 19.8 Å². The average molecular weight is 353 g/mol. The van der Waals surface area contributed by atoms with Gasteiger partial charge in [0.25, 0.3) is 5.91 Å². The molecule has 0 atom stereocenters. The average Bonchev–Trinajstić information content (AvgIpc) is 3.26. The fraction of sp³-hybridized carbons (Fsp3) is 0.111. The molecular weight excluding hydrogens is 338 g/mol. The first kappa shape index (κ1) is 15.5. The number of imidazole rings is 1. The summed E-state index contributed by atoms with van der Waals surface area (Å²) in [6.07, 6.45) is 1.62. The Balaban J connectivity index is 1.53. The summed E-state index contributed by atoms with van der Waals surface area (Å²) in [5, 5.41) is 2.91. The number of fused-ring (bicyclic) bond motifs is 1. The number of nitrogens with one attached hydrogen (secondary N) is 2. The maximum atomic E-state index is 12.6. The second kappa shape index (κ2) is 6.45. The van der Waals surface area contributed by atoms with Crippen LogP contribution in [0.25, 0.3) is 5.69 Å². The summed E-state index contributed by atoms with van der Waals surface area (Å²) >= 11 is 5.30. The van der Waals surface area contributed by atoms with E-state index in [9.17, 15) is 4.79 Å². The van der Waals surface area contributed by atoms with Crippen molar-refractivity contribution in [2.75, 3.05) is 6.79 Å². The summed E-state index contributed by atoms with van der Waals surface area (Å²) in [6, 6.07) is 15.1. The largest absolute Gasteiger partial charge is 0.454 e. The SMILES string of the molecule is O=C(NCc1ccc2c(c1)OCO2)c1c[nH]c(=S)n1-c1ccccc1. The smallest absolute Gasteiger partial charge is 0.270 e. The molecular formula is C18H15N3O3S. The molecule has 2 heterocycles. The van der Waals surface area contributed by atoms with E-state index in [1.807, 2.05) is 48.5 Å². The van der Waals surface area contributed by atoms with E-state index in [2.05, 4.69) is 10.3 Å². The number of carbonyl (C=O) groups is 1. The zero-order valence-corrected chi connectivity index (χ0v) is 14.0. The third-order valence-electron chi connectivity index (χ3n) is 3.91. The summed E-state index contributed by atoms with van der Waals surface area (Å²) < 4.78 is 12.8. The highest BCUT2D eigenvalue weighted by Gasteiger charge is 2.16. The van der Waals surface area contributed by atoms with E-state index in [0.29, 0.717) is 22.8 Å². The van der Waals surface area contributed by atoms with Gasteiger partial charge in [0, 0.05) is 18.4 Å². The van der Waals surface area contributed by atoms with Crippen molar-refractivity contribution >= 4 is 18.1 Å². The van der Waals surface area contributed by atoms with Gasteiger partial charge in [-0.1, -0.05) is 24.3 Å². The fourth-order valence-electron chi connectivity index (χ4n) is 2.69. The molecule has 4 rings (SSSR count). The van der Waals surface area contributed by atoms with E-state index < -0.39 is 0 Å². The molecule has 0 aliphatic carbocycles. The number of para-hydroxylation sites is 1. The maximum Gasteiger partial charge on any atom is 0.270 e. The van der Waals surface area contributed by atoms with Gasteiger partial charge in [-0.15, -0.1) is 0 Å². The second-order valence-corrected chi connectivity index (χ2v) is 5.91. The van der Waals surface area contributed by atoms with E-state index in [-0.39, 0.29) is 12.7 Å². The number of carbonyl (C=O) groups excluding carboxylic acids is 1. The lowest BCUT2D eigenvalue weighted by Gasteiger charge is -2.09. The quantitative estimate of drug-likeness (QED) is 0.707. The fourth-order valence-corrected chi connectivity index (χ4v) is 2.96. The van der Waals surface area contributed by atoms with Gasteiger partial charge in [-0.2, -0.15) is 0 Å². The summed E-state index contributed by atoms with van der Waals surface area (Å²) in [7, 11) is 0. The van der Waals surface area contributed by atoms with Crippen molar-refractivity contribution in [2.45, 2.75) is 6.54 Å². The number of amides is 1. The van der Waals surface area contributed by atoms with Crippen LogP contribution in [0, 0.1) is 4.77 Å². The Kier molecular flexibility index (Phi) is 3.99. The van der Waals surface area contributed by atoms with E-state index in [1.54, 1.807) is 10.8 Å². The number of aromatic amines is 1. The minimum Gasteiger partial charge on any atom is -0.454 e. The standard InChI is InChI=1S/C18H15N3O3S/c22-17(19-9-12-6-7-15-16(8-12)24-11-23-15)14-10-20-18(25)21(14)13-4-2-1-3-5-13/h1-8,10H,9,11H2,(H,19,22)(H,20,25). The van der Waals surface area contributed by atoms with Crippen LogP contribution in [-0.2, 0) is 6.54 Å². The summed E-state index contributed by atoms with van der Waals surface area (Å²) in [6.45, 7) is 0.607. The second-order valence-electron chi connectivity index (χ2n) is 5.52. The van der Waals surface area contributed by atoms with Crippen molar-refractivity contribution in [2.24, 2.45) is 0 Å². The van der Waals surface area contributed by atoms with Gasteiger partial charge in [0.05, 0.1) is 0 Å². The highest BCUT2D eigenvalue weighted by Crippen LogP contribution is 2.32. The summed E-state index contributed by atoms with van der Waals surface area (Å²) in [4.78, 5) is 15.5. The van der Waals surface area contributed by atoms with Crippen LogP contribution in [0.3, 0.4) is 0 Å². The first-order chi connectivity index (χ1) is 12.2. The van der Waals surface area contributed by atoms with E-state index >= 15 is 0 Å². The molecule has 2 aromatic carbocycles. The number of rotatable bonds is 4. The molecule has 1 amide bonds. The first-order valence-corrected chi connectivity index (χ1v) is 8.16. The number of aromatic nitrogens is 2. The number of nitrogens with zero attached hydrogens (tertiary/aromatic N) is 1. The Morgan fingerprint density at radius 1 is 1.16 bits per heavy atom. The molecule has 1 aliphatic heterocycles. The summed E-state index contributed by atoms with van der Waals surface area (Å²) in [5.74, 6) is 1.20. The van der Waals surface area contributed by atoms with Crippen molar-refractivity contribution in [1.82, 2.24) is 14.9 Å². The van der Waals surface area contributed by atoms with Crippen LogP contribution >= 0.6 is 12.2 Å². The van der Waals surface area contributed by atoms with E-state index in [1.165, 1.54) is 0 Å². The third-order valence-corrected chi connectivity index (χ3v) is 4.21. The molecule has 0 radical (unpaired) electrons. The highest BCUT2D eigenvalue weighted by atomic mass is 32.1. The van der Waals surface area contributed by atoms with Crippen LogP contribution in [0.5, 0.6) is 11.5 Å². The molecule has 7 heteroatoms. The third kappa shape index (κ3) is 3.01. The zero-order chi connectivity index (χ0) is 17.2. The van der Waals surface area contributed by atoms with Crippen molar-refractivity contribution < 1.29 is 14.3 Å². The van der Waals surface area contributed by atoms with E-state index in [0.717, 1.165) is 17.0 Å². The van der Waals surface area contributed by atoms with Crippen molar-refractivity contribution in [3.63, 3.8) is 0 Å². The van der Waals surface area contributed by atoms with Gasteiger partial charge in [0.15, 0.2) is 16.3 Å². The first-order valence-electron chi connectivity index (χ1n) is 7.75. The lowest BCUT2D eigenvalue weighted by molar-refractivity contribution is 0.0944. The van der Waals surface area contributed by atoms with Crippen LogP contribution in [0.1, 0.15) is 16.1 Å².